The monoisotopic (exact) mass is 469 g/mol. The Balaban J connectivity index is 1.89. The van der Waals surface area contributed by atoms with E-state index < -0.39 is 23.1 Å². The van der Waals surface area contributed by atoms with Crippen molar-refractivity contribution in [3.63, 3.8) is 0 Å². The molecule has 7 heteroatoms. The van der Waals surface area contributed by atoms with Gasteiger partial charge in [0.05, 0.1) is 6.61 Å². The standard InChI is InChI=1S/C21H28BrNO4S/c1-3-5-6-12-26-21(15-24)23(14-19(27-21)18(25)8-4-2)28-13-11-16-17(22)9-7-10-20(16)28/h7,9-11,13,15,19,28H,3-6,8,12,14H2,1-2H3/t19-,21?/m1/s1. The van der Waals surface area contributed by atoms with Gasteiger partial charge in [-0.05, 0) is 36.5 Å². The lowest BCUT2D eigenvalue weighted by atomic mass is 10.1. The fourth-order valence-electron chi connectivity index (χ4n) is 3.53. The van der Waals surface area contributed by atoms with Crippen molar-refractivity contribution in [2.45, 2.75) is 62.9 Å². The quantitative estimate of drug-likeness (QED) is 0.301. The summed E-state index contributed by atoms with van der Waals surface area (Å²) < 4.78 is 15.0. The maximum Gasteiger partial charge on any atom is 0.298 e. The lowest BCUT2D eigenvalue weighted by molar-refractivity contribution is -0.239. The molecule has 0 aromatic heterocycles. The van der Waals surface area contributed by atoms with Gasteiger partial charge in [-0.25, -0.2) is 0 Å². The number of aldehydes is 1. The molecule has 5 nitrogen and oxygen atoms in total. The number of Topliss-reactive ketones (excluding diaryl/α,β-unsaturated/α-hetero) is 1. The molecule has 0 bridgehead atoms. The van der Waals surface area contributed by atoms with Crippen molar-refractivity contribution in [3.05, 3.63) is 33.6 Å². The Morgan fingerprint density at radius 2 is 2.21 bits per heavy atom. The van der Waals surface area contributed by atoms with Gasteiger partial charge in [-0.3, -0.25) is 9.59 Å². The van der Waals surface area contributed by atoms with Crippen LogP contribution >= 0.6 is 27.0 Å². The van der Waals surface area contributed by atoms with Crippen LogP contribution in [0.15, 0.2) is 33.0 Å². The van der Waals surface area contributed by atoms with Crippen LogP contribution in [0.5, 0.6) is 0 Å². The number of ether oxygens (including phenoxy) is 2. The molecule has 1 fully saturated rings. The van der Waals surface area contributed by atoms with Crippen LogP contribution in [0, 0.1) is 0 Å². The molecule has 3 atom stereocenters. The molecule has 2 unspecified atom stereocenters. The maximum absolute atomic E-state index is 12.5. The first-order chi connectivity index (χ1) is 13.6. The van der Waals surface area contributed by atoms with Crippen molar-refractivity contribution in [2.24, 2.45) is 0 Å². The number of nitrogens with zero attached hydrogens (tertiary/aromatic N) is 1. The minimum absolute atomic E-state index is 0.0287. The maximum atomic E-state index is 12.5. The highest BCUT2D eigenvalue weighted by Gasteiger charge is 2.53. The molecule has 154 valence electrons. The third-order valence-electron chi connectivity index (χ3n) is 4.99. The number of hydrogen-bond acceptors (Lipinski definition) is 5. The zero-order chi connectivity index (χ0) is 20.1. The van der Waals surface area contributed by atoms with Crippen molar-refractivity contribution in [2.75, 3.05) is 13.2 Å². The Hall–Kier alpha value is -0.990. The van der Waals surface area contributed by atoms with Crippen LogP contribution in [0.1, 0.15) is 51.5 Å². The van der Waals surface area contributed by atoms with Crippen LogP contribution in [0.3, 0.4) is 0 Å². The Morgan fingerprint density at radius 3 is 2.93 bits per heavy atom. The summed E-state index contributed by atoms with van der Waals surface area (Å²) in [5, 5.41) is 2.11. The summed E-state index contributed by atoms with van der Waals surface area (Å²) in [5.41, 5.74) is 1.11. The summed E-state index contributed by atoms with van der Waals surface area (Å²) >= 11 is 2.63. The number of thiol groups is 1. The largest absolute Gasteiger partial charge is 0.331 e. The smallest absolute Gasteiger partial charge is 0.298 e. The summed E-state index contributed by atoms with van der Waals surface area (Å²) in [6.07, 6.45) is 6.31. The van der Waals surface area contributed by atoms with Gasteiger partial charge in [-0.1, -0.05) is 48.7 Å². The van der Waals surface area contributed by atoms with Crippen molar-refractivity contribution in [1.29, 1.82) is 0 Å². The number of benzene rings is 1. The number of unbranched alkanes of at least 4 members (excludes halogenated alkanes) is 2. The number of halogens is 1. The molecule has 1 aromatic rings. The summed E-state index contributed by atoms with van der Waals surface area (Å²) in [5.74, 6) is -1.47. The fourth-order valence-corrected chi connectivity index (χ4v) is 6.51. The van der Waals surface area contributed by atoms with Gasteiger partial charge in [0.15, 0.2) is 12.1 Å². The SMILES string of the molecule is CCCCCOC1(C=O)O[C@@H](C(=O)CCC)CN1[SH]1C=Cc2c(Br)cccc21. The molecule has 0 amide bonds. The van der Waals surface area contributed by atoms with Gasteiger partial charge in [-0.2, -0.15) is 4.31 Å². The molecular weight excluding hydrogens is 442 g/mol. The van der Waals surface area contributed by atoms with Crippen molar-refractivity contribution in [3.8, 4) is 0 Å². The van der Waals surface area contributed by atoms with Crippen molar-refractivity contribution in [1.82, 2.24) is 4.31 Å². The van der Waals surface area contributed by atoms with Crippen LogP contribution in [-0.2, 0) is 19.1 Å². The second-order valence-corrected chi connectivity index (χ2v) is 9.85. The van der Waals surface area contributed by atoms with Crippen LogP contribution in [-0.4, -0.2) is 41.5 Å². The highest BCUT2D eigenvalue weighted by Crippen LogP contribution is 2.55. The highest BCUT2D eigenvalue weighted by atomic mass is 79.9. The van der Waals surface area contributed by atoms with Gasteiger partial charge in [0, 0.05) is 27.9 Å². The van der Waals surface area contributed by atoms with E-state index >= 15 is 0 Å². The average molecular weight is 470 g/mol. The molecule has 2 heterocycles. The normalized spacial score (nSPS) is 27.8. The van der Waals surface area contributed by atoms with Crippen LogP contribution in [0.25, 0.3) is 6.08 Å². The predicted octanol–water partition coefficient (Wildman–Crippen LogP) is 4.84. The molecule has 0 spiro atoms. The third kappa shape index (κ3) is 4.28. The number of hydrogen-bond donors (Lipinski definition) is 1. The van der Waals surface area contributed by atoms with Crippen LogP contribution in [0.2, 0.25) is 0 Å². The Kier molecular flexibility index (Phi) is 7.50. The zero-order valence-electron chi connectivity index (χ0n) is 16.4. The minimum Gasteiger partial charge on any atom is -0.331 e. The molecule has 0 N–H and O–H groups in total. The summed E-state index contributed by atoms with van der Waals surface area (Å²) in [7, 11) is 0. The number of carbonyl (C=O) groups excluding carboxylic acids is 2. The van der Waals surface area contributed by atoms with E-state index in [9.17, 15) is 9.59 Å². The first kappa shape index (κ1) is 21.7. The molecule has 0 aliphatic carbocycles. The van der Waals surface area contributed by atoms with E-state index in [-0.39, 0.29) is 5.78 Å². The van der Waals surface area contributed by atoms with Gasteiger partial charge in [0.25, 0.3) is 5.91 Å². The minimum atomic E-state index is -1.50. The number of ketones is 1. The van der Waals surface area contributed by atoms with E-state index in [0.717, 1.165) is 46.9 Å². The molecular formula is C21H28BrNO4S. The summed E-state index contributed by atoms with van der Waals surface area (Å²) in [6, 6.07) is 6.07. The second kappa shape index (κ2) is 9.67. The Bertz CT molecular complexity index is 756. The van der Waals surface area contributed by atoms with Crippen LogP contribution in [0.4, 0.5) is 0 Å². The molecule has 28 heavy (non-hydrogen) atoms. The summed E-state index contributed by atoms with van der Waals surface area (Å²) in [4.78, 5) is 25.9. The van der Waals surface area contributed by atoms with Gasteiger partial charge < -0.3 is 9.47 Å². The highest BCUT2D eigenvalue weighted by molar-refractivity contribution is 9.10. The van der Waals surface area contributed by atoms with Crippen molar-refractivity contribution >= 4 is 45.2 Å². The van der Waals surface area contributed by atoms with Gasteiger partial charge in [0.2, 0.25) is 0 Å². The van der Waals surface area contributed by atoms with Crippen LogP contribution < -0.4 is 0 Å². The number of rotatable bonds is 10. The van der Waals surface area contributed by atoms with E-state index in [1.807, 2.05) is 23.4 Å². The van der Waals surface area contributed by atoms with E-state index in [1.165, 1.54) is 0 Å². The average Bonchev–Trinajstić information content (AvgIpc) is 3.28. The zero-order valence-corrected chi connectivity index (χ0v) is 18.9. The Labute approximate surface area is 178 Å². The molecule has 0 saturated carbocycles. The van der Waals surface area contributed by atoms with Gasteiger partial charge in [-0.15, -0.1) is 11.1 Å². The fraction of sp³-hybridized carbons (Fsp3) is 0.524. The van der Waals surface area contributed by atoms with Gasteiger partial charge >= 0.3 is 0 Å². The lowest BCUT2D eigenvalue weighted by Gasteiger charge is -2.37. The van der Waals surface area contributed by atoms with E-state index in [4.69, 9.17) is 9.47 Å². The molecule has 0 radical (unpaired) electrons. The topological polar surface area (TPSA) is 55.8 Å². The first-order valence-corrected chi connectivity index (χ1v) is 12.1. The van der Waals surface area contributed by atoms with Crippen molar-refractivity contribution < 1.29 is 19.1 Å². The van der Waals surface area contributed by atoms with E-state index in [2.05, 4.69) is 40.4 Å². The third-order valence-corrected chi connectivity index (χ3v) is 7.96. The predicted molar refractivity (Wildman–Crippen MR) is 116 cm³/mol. The van der Waals surface area contributed by atoms with E-state index in [1.54, 1.807) is 0 Å². The molecule has 2 aliphatic heterocycles. The number of fused-ring (bicyclic) bond motifs is 1. The number of carbonyl (C=O) groups is 2. The lowest BCUT2D eigenvalue weighted by Crippen LogP contribution is -2.47. The summed E-state index contributed by atoms with van der Waals surface area (Å²) in [6.45, 7) is 4.88. The van der Waals surface area contributed by atoms with E-state index in [0.29, 0.717) is 19.6 Å². The molecule has 1 saturated heterocycles. The first-order valence-electron chi connectivity index (χ1n) is 9.90. The molecule has 1 aromatic carbocycles. The molecule has 2 aliphatic rings. The second-order valence-electron chi connectivity index (χ2n) is 7.04. The molecule has 3 rings (SSSR count). The van der Waals surface area contributed by atoms with Gasteiger partial charge in [0.1, 0.15) is 6.10 Å². The Morgan fingerprint density at radius 1 is 1.39 bits per heavy atom.